The number of nitrogens with one attached hydrogen (secondary N) is 2. The highest BCUT2D eigenvalue weighted by atomic mass is 16.2. The number of hydrogen-bond donors (Lipinski definition) is 2. The summed E-state index contributed by atoms with van der Waals surface area (Å²) in [6.07, 6.45) is 10.8. The van der Waals surface area contributed by atoms with Gasteiger partial charge in [-0.15, -0.1) is 0 Å². The van der Waals surface area contributed by atoms with Gasteiger partial charge in [-0.25, -0.2) is 4.79 Å². The molecule has 2 fully saturated rings. The van der Waals surface area contributed by atoms with E-state index < -0.39 is 0 Å². The lowest BCUT2D eigenvalue weighted by atomic mass is 9.92. The average molecular weight is 373 g/mol. The van der Waals surface area contributed by atoms with Crippen LogP contribution in [-0.4, -0.2) is 41.1 Å². The van der Waals surface area contributed by atoms with Crippen LogP contribution in [0, 0.1) is 12.8 Å². The van der Waals surface area contributed by atoms with Crippen molar-refractivity contribution in [1.82, 2.24) is 20.5 Å². The summed E-state index contributed by atoms with van der Waals surface area (Å²) in [4.78, 5) is 19.9. The van der Waals surface area contributed by atoms with Gasteiger partial charge in [-0.3, -0.25) is 9.88 Å². The molecule has 2 aliphatic rings. The van der Waals surface area contributed by atoms with Gasteiger partial charge in [-0.1, -0.05) is 39.2 Å². The van der Waals surface area contributed by atoms with Crippen molar-refractivity contribution in [2.75, 3.05) is 13.1 Å². The molecule has 1 saturated carbocycles. The number of amides is 2. The van der Waals surface area contributed by atoms with Crippen LogP contribution in [-0.2, 0) is 0 Å². The number of aromatic nitrogens is 1. The topological polar surface area (TPSA) is 57.3 Å². The van der Waals surface area contributed by atoms with E-state index in [-0.39, 0.29) is 24.0 Å². The lowest BCUT2D eigenvalue weighted by molar-refractivity contribution is 0.111. The number of piperidine rings is 1. The standard InChI is InChI=1S/C22H36N4O/c1-16(2)20(21-17(3)9-7-13-23-21)25-22(27)24-18-10-8-14-26(15-18)19-11-5-4-6-12-19/h7,9,13,16,18-20H,4-6,8,10-12,14-15H2,1-3H3,(H2,24,25,27). The summed E-state index contributed by atoms with van der Waals surface area (Å²) in [5.74, 6) is 0.287. The van der Waals surface area contributed by atoms with Crippen LogP contribution >= 0.6 is 0 Å². The second-order valence-electron chi connectivity index (χ2n) is 8.67. The third-order valence-electron chi connectivity index (χ3n) is 6.18. The molecule has 27 heavy (non-hydrogen) atoms. The van der Waals surface area contributed by atoms with Crippen LogP contribution in [0.15, 0.2) is 18.3 Å². The van der Waals surface area contributed by atoms with Gasteiger partial charge in [0, 0.05) is 24.8 Å². The van der Waals surface area contributed by atoms with Gasteiger partial charge in [-0.2, -0.15) is 0 Å². The van der Waals surface area contributed by atoms with Gasteiger partial charge in [0.25, 0.3) is 0 Å². The van der Waals surface area contributed by atoms with Gasteiger partial charge in [0.05, 0.1) is 11.7 Å². The Labute approximate surface area is 164 Å². The highest BCUT2D eigenvalue weighted by Crippen LogP contribution is 2.26. The lowest BCUT2D eigenvalue weighted by Gasteiger charge is -2.40. The highest BCUT2D eigenvalue weighted by molar-refractivity contribution is 5.74. The SMILES string of the molecule is Cc1cccnc1C(NC(=O)NC1CCCN(C2CCCCC2)C1)C(C)C. The minimum Gasteiger partial charge on any atom is -0.334 e. The molecule has 2 amide bonds. The molecule has 1 aromatic rings. The molecule has 0 spiro atoms. The molecule has 150 valence electrons. The van der Waals surface area contributed by atoms with Crippen LogP contribution in [0.4, 0.5) is 4.79 Å². The molecule has 1 aliphatic carbocycles. The molecule has 2 N–H and O–H groups in total. The monoisotopic (exact) mass is 372 g/mol. The zero-order valence-corrected chi connectivity index (χ0v) is 17.2. The van der Waals surface area contributed by atoms with Gasteiger partial charge < -0.3 is 10.6 Å². The molecule has 0 bridgehead atoms. The Morgan fingerprint density at radius 2 is 1.96 bits per heavy atom. The Kier molecular flexibility index (Phi) is 7.11. The van der Waals surface area contributed by atoms with E-state index >= 15 is 0 Å². The molecule has 1 aliphatic heterocycles. The summed E-state index contributed by atoms with van der Waals surface area (Å²) in [5.41, 5.74) is 2.09. The first kappa shape index (κ1) is 20.1. The predicted octanol–water partition coefficient (Wildman–Crippen LogP) is 4.18. The number of rotatable bonds is 5. The third kappa shape index (κ3) is 5.44. The zero-order valence-electron chi connectivity index (χ0n) is 17.2. The summed E-state index contributed by atoms with van der Waals surface area (Å²) >= 11 is 0. The Morgan fingerprint density at radius 3 is 2.67 bits per heavy atom. The molecular formula is C22H36N4O. The van der Waals surface area contributed by atoms with Gasteiger partial charge in [0.1, 0.15) is 0 Å². The maximum atomic E-state index is 12.7. The maximum Gasteiger partial charge on any atom is 0.315 e. The maximum absolute atomic E-state index is 12.7. The molecule has 2 atom stereocenters. The van der Waals surface area contributed by atoms with E-state index in [1.165, 1.54) is 45.1 Å². The molecule has 0 aromatic carbocycles. The second kappa shape index (κ2) is 9.54. The summed E-state index contributed by atoms with van der Waals surface area (Å²) in [5, 5.41) is 6.43. The first-order chi connectivity index (χ1) is 13.0. The minimum absolute atomic E-state index is 0.0609. The van der Waals surface area contributed by atoms with Crippen LogP contribution in [0.3, 0.4) is 0 Å². The van der Waals surface area contributed by atoms with Crippen LogP contribution in [0.25, 0.3) is 0 Å². The van der Waals surface area contributed by atoms with E-state index in [2.05, 4.69) is 47.4 Å². The van der Waals surface area contributed by atoms with Gasteiger partial charge >= 0.3 is 6.03 Å². The van der Waals surface area contributed by atoms with Crippen LogP contribution in [0.5, 0.6) is 0 Å². The number of carbonyl (C=O) groups excluding carboxylic acids is 1. The summed E-state index contributed by atoms with van der Waals surface area (Å²) in [7, 11) is 0. The second-order valence-corrected chi connectivity index (χ2v) is 8.67. The normalized spacial score (nSPS) is 23.2. The summed E-state index contributed by atoms with van der Waals surface area (Å²) in [6.45, 7) is 8.49. The average Bonchev–Trinajstić information content (AvgIpc) is 2.67. The van der Waals surface area contributed by atoms with Crippen LogP contribution in [0.2, 0.25) is 0 Å². The highest BCUT2D eigenvalue weighted by Gasteiger charge is 2.28. The molecule has 2 unspecified atom stereocenters. The molecule has 5 heteroatoms. The first-order valence-corrected chi connectivity index (χ1v) is 10.8. The fourth-order valence-corrected chi connectivity index (χ4v) is 4.64. The number of pyridine rings is 1. The fourth-order valence-electron chi connectivity index (χ4n) is 4.64. The van der Waals surface area contributed by atoms with E-state index in [0.29, 0.717) is 0 Å². The van der Waals surface area contributed by atoms with Crippen molar-refractivity contribution >= 4 is 6.03 Å². The Hall–Kier alpha value is -1.62. The van der Waals surface area contributed by atoms with E-state index in [9.17, 15) is 4.79 Å². The van der Waals surface area contributed by atoms with Crippen molar-refractivity contribution < 1.29 is 4.79 Å². The molecule has 0 radical (unpaired) electrons. The van der Waals surface area contributed by atoms with E-state index in [4.69, 9.17) is 0 Å². The van der Waals surface area contributed by atoms with Crippen LogP contribution in [0.1, 0.15) is 76.1 Å². The third-order valence-corrected chi connectivity index (χ3v) is 6.18. The first-order valence-electron chi connectivity index (χ1n) is 10.8. The van der Waals surface area contributed by atoms with Crippen molar-refractivity contribution in [3.8, 4) is 0 Å². The van der Waals surface area contributed by atoms with Gasteiger partial charge in [0.15, 0.2) is 0 Å². The van der Waals surface area contributed by atoms with Crippen LogP contribution < -0.4 is 10.6 Å². The predicted molar refractivity (Wildman–Crippen MR) is 110 cm³/mol. The number of likely N-dealkylation sites (tertiary alicyclic amines) is 1. The van der Waals surface area contributed by atoms with Gasteiger partial charge in [0.2, 0.25) is 0 Å². The van der Waals surface area contributed by atoms with Crippen molar-refractivity contribution in [3.05, 3.63) is 29.6 Å². The molecule has 2 heterocycles. The lowest BCUT2D eigenvalue weighted by Crippen LogP contribution is -2.53. The number of carbonyl (C=O) groups is 1. The molecule has 3 rings (SSSR count). The van der Waals surface area contributed by atoms with E-state index in [1.54, 1.807) is 6.20 Å². The molecule has 1 aromatic heterocycles. The number of urea groups is 1. The van der Waals surface area contributed by atoms with Crippen molar-refractivity contribution in [3.63, 3.8) is 0 Å². The zero-order chi connectivity index (χ0) is 19.2. The Bertz CT molecular complexity index is 612. The molecular weight excluding hydrogens is 336 g/mol. The Balaban J connectivity index is 1.56. The number of aryl methyl sites for hydroxylation is 1. The number of nitrogens with zero attached hydrogens (tertiary/aromatic N) is 2. The molecule has 1 saturated heterocycles. The Morgan fingerprint density at radius 1 is 1.19 bits per heavy atom. The smallest absolute Gasteiger partial charge is 0.315 e. The van der Waals surface area contributed by atoms with Gasteiger partial charge in [-0.05, 0) is 56.7 Å². The van der Waals surface area contributed by atoms with Crippen molar-refractivity contribution in [2.45, 2.75) is 83.8 Å². The molecule has 5 nitrogen and oxygen atoms in total. The minimum atomic E-state index is -0.0655. The fraction of sp³-hybridized carbons (Fsp3) is 0.727. The quantitative estimate of drug-likeness (QED) is 0.815. The number of hydrogen-bond acceptors (Lipinski definition) is 3. The van der Waals surface area contributed by atoms with Crippen molar-refractivity contribution in [1.29, 1.82) is 0 Å². The largest absolute Gasteiger partial charge is 0.334 e. The summed E-state index contributed by atoms with van der Waals surface area (Å²) < 4.78 is 0. The summed E-state index contributed by atoms with van der Waals surface area (Å²) in [6, 6.07) is 4.85. The van der Waals surface area contributed by atoms with Crippen molar-refractivity contribution in [2.24, 2.45) is 5.92 Å². The van der Waals surface area contributed by atoms with E-state index in [1.807, 2.05) is 6.07 Å². The van der Waals surface area contributed by atoms with E-state index in [0.717, 1.165) is 30.3 Å².